The zero-order valence-electron chi connectivity index (χ0n) is 12.5. The van der Waals surface area contributed by atoms with E-state index in [0.29, 0.717) is 29.4 Å². The normalized spacial score (nSPS) is 27.7. The van der Waals surface area contributed by atoms with Crippen molar-refractivity contribution in [3.8, 4) is 6.07 Å². The number of hydrogen-bond donors (Lipinski definition) is 1. The minimum Gasteiger partial charge on any atom is -0.363 e. The van der Waals surface area contributed by atoms with E-state index in [1.165, 1.54) is 6.07 Å². The van der Waals surface area contributed by atoms with Crippen LogP contribution in [-0.4, -0.2) is 24.7 Å². The number of benzene rings is 1. The molecule has 2 fully saturated rings. The molecule has 0 spiro atoms. The van der Waals surface area contributed by atoms with Gasteiger partial charge < -0.3 is 10.2 Å². The number of hydrogen-bond acceptors (Lipinski definition) is 3. The highest BCUT2D eigenvalue weighted by Crippen LogP contribution is 2.40. The van der Waals surface area contributed by atoms with Gasteiger partial charge in [-0.2, -0.15) is 5.26 Å². The predicted molar refractivity (Wildman–Crippen MR) is 81.7 cm³/mol. The molecule has 112 valence electrons. The number of nitrogens with one attached hydrogen (secondary N) is 1. The molecule has 2 aliphatic rings. The molecule has 0 amide bonds. The van der Waals surface area contributed by atoms with Crippen LogP contribution in [0.1, 0.15) is 44.6 Å². The third-order valence-corrected chi connectivity index (χ3v) is 4.77. The van der Waals surface area contributed by atoms with Gasteiger partial charge in [0, 0.05) is 18.1 Å². The minimum absolute atomic E-state index is 0.258. The van der Waals surface area contributed by atoms with Crippen LogP contribution >= 0.6 is 0 Å². The lowest BCUT2D eigenvalue weighted by Gasteiger charge is -2.41. The number of piperidine rings is 1. The van der Waals surface area contributed by atoms with Crippen molar-refractivity contribution in [1.82, 2.24) is 5.32 Å². The van der Waals surface area contributed by atoms with Gasteiger partial charge in [-0.25, -0.2) is 4.39 Å². The molecule has 21 heavy (non-hydrogen) atoms. The molecule has 1 aromatic carbocycles. The first-order chi connectivity index (χ1) is 10.2. The lowest BCUT2D eigenvalue weighted by Crippen LogP contribution is -2.49. The highest BCUT2D eigenvalue weighted by molar-refractivity contribution is 5.54. The Morgan fingerprint density at radius 1 is 1.33 bits per heavy atom. The van der Waals surface area contributed by atoms with Crippen molar-refractivity contribution in [2.75, 3.05) is 11.4 Å². The number of fused-ring (bicyclic) bond motifs is 2. The quantitative estimate of drug-likeness (QED) is 0.924. The van der Waals surface area contributed by atoms with Crippen LogP contribution < -0.4 is 10.2 Å². The second-order valence-corrected chi connectivity index (χ2v) is 6.19. The summed E-state index contributed by atoms with van der Waals surface area (Å²) in [6.45, 7) is 3.25. The summed E-state index contributed by atoms with van der Waals surface area (Å²) < 4.78 is 14.3. The monoisotopic (exact) mass is 287 g/mol. The third kappa shape index (κ3) is 2.75. The van der Waals surface area contributed by atoms with Gasteiger partial charge in [0.25, 0.3) is 0 Å². The summed E-state index contributed by atoms with van der Waals surface area (Å²) in [7, 11) is 0. The van der Waals surface area contributed by atoms with Gasteiger partial charge in [-0.15, -0.1) is 0 Å². The Kier molecular flexibility index (Phi) is 4.12. The van der Waals surface area contributed by atoms with E-state index in [0.717, 1.165) is 38.6 Å². The zero-order chi connectivity index (χ0) is 14.8. The van der Waals surface area contributed by atoms with Crippen molar-refractivity contribution in [1.29, 1.82) is 5.26 Å². The second kappa shape index (κ2) is 6.03. The van der Waals surface area contributed by atoms with Gasteiger partial charge in [0.05, 0.1) is 17.3 Å². The molecule has 2 aliphatic heterocycles. The molecule has 2 atom stereocenters. The van der Waals surface area contributed by atoms with Gasteiger partial charge in [-0.1, -0.05) is 6.92 Å². The maximum atomic E-state index is 14.3. The van der Waals surface area contributed by atoms with E-state index in [2.05, 4.69) is 17.1 Å². The van der Waals surface area contributed by atoms with Crippen LogP contribution in [0.15, 0.2) is 18.2 Å². The van der Waals surface area contributed by atoms with Gasteiger partial charge in [0.2, 0.25) is 0 Å². The van der Waals surface area contributed by atoms with Crippen molar-refractivity contribution in [2.45, 2.75) is 57.2 Å². The average molecular weight is 287 g/mol. The summed E-state index contributed by atoms with van der Waals surface area (Å²) in [5.74, 6) is -0.258. The van der Waals surface area contributed by atoms with Gasteiger partial charge in [-0.3, -0.25) is 0 Å². The van der Waals surface area contributed by atoms with Gasteiger partial charge >= 0.3 is 0 Å². The molecule has 2 heterocycles. The first-order valence-electron chi connectivity index (χ1n) is 7.94. The standard InChI is InChI=1S/C17H22FN3/c1-2-7-20-13-9-14-4-5-15(10-13)21(14)17-6-3-12(11-19)8-16(17)18/h3,6,8,13-15,20H,2,4-5,7,9-10H2,1H3. The van der Waals surface area contributed by atoms with Crippen LogP contribution in [-0.2, 0) is 0 Å². The topological polar surface area (TPSA) is 39.1 Å². The van der Waals surface area contributed by atoms with Gasteiger partial charge in [0.1, 0.15) is 5.82 Å². The Bertz CT molecular complexity index is 537. The summed E-state index contributed by atoms with van der Waals surface area (Å²) in [5.41, 5.74) is 1.07. The molecule has 4 heteroatoms. The van der Waals surface area contributed by atoms with Crippen LogP contribution in [0, 0.1) is 17.1 Å². The van der Waals surface area contributed by atoms with Crippen LogP contribution in [0.2, 0.25) is 0 Å². The molecule has 1 N–H and O–H groups in total. The largest absolute Gasteiger partial charge is 0.363 e. The molecule has 2 bridgehead atoms. The fraction of sp³-hybridized carbons (Fsp3) is 0.588. The van der Waals surface area contributed by atoms with Gasteiger partial charge in [-0.05, 0) is 56.8 Å². The fourth-order valence-electron chi connectivity index (χ4n) is 3.87. The highest BCUT2D eigenvalue weighted by Gasteiger charge is 2.41. The lowest BCUT2D eigenvalue weighted by atomic mass is 9.96. The van der Waals surface area contributed by atoms with Crippen LogP contribution in [0.4, 0.5) is 10.1 Å². The van der Waals surface area contributed by atoms with Crippen LogP contribution in [0.3, 0.4) is 0 Å². The number of nitrogens with zero attached hydrogens (tertiary/aromatic N) is 2. The Morgan fingerprint density at radius 2 is 2.05 bits per heavy atom. The van der Waals surface area contributed by atoms with E-state index in [4.69, 9.17) is 5.26 Å². The number of rotatable bonds is 4. The molecule has 3 nitrogen and oxygen atoms in total. The molecule has 0 saturated carbocycles. The molecule has 2 saturated heterocycles. The minimum atomic E-state index is -0.258. The van der Waals surface area contributed by atoms with Crippen molar-refractivity contribution >= 4 is 5.69 Å². The van der Waals surface area contributed by atoms with E-state index >= 15 is 0 Å². The molecule has 0 radical (unpaired) electrons. The first-order valence-corrected chi connectivity index (χ1v) is 7.94. The van der Waals surface area contributed by atoms with E-state index < -0.39 is 0 Å². The van der Waals surface area contributed by atoms with Crippen molar-refractivity contribution in [2.24, 2.45) is 0 Å². The Hall–Kier alpha value is -1.60. The fourth-order valence-corrected chi connectivity index (χ4v) is 3.87. The summed E-state index contributed by atoms with van der Waals surface area (Å²) in [5, 5.41) is 12.5. The molecule has 0 aromatic heterocycles. The predicted octanol–water partition coefficient (Wildman–Crippen LogP) is 3.20. The Labute approximate surface area is 125 Å². The number of halogens is 1. The first kappa shape index (κ1) is 14.3. The summed E-state index contributed by atoms with van der Waals surface area (Å²) in [4.78, 5) is 2.26. The van der Waals surface area contributed by atoms with E-state index in [-0.39, 0.29) is 5.82 Å². The molecule has 2 unspecified atom stereocenters. The van der Waals surface area contributed by atoms with Crippen LogP contribution in [0.25, 0.3) is 0 Å². The van der Waals surface area contributed by atoms with Crippen LogP contribution in [0.5, 0.6) is 0 Å². The highest BCUT2D eigenvalue weighted by atomic mass is 19.1. The van der Waals surface area contributed by atoms with E-state index in [9.17, 15) is 4.39 Å². The van der Waals surface area contributed by atoms with Crippen molar-refractivity contribution in [3.05, 3.63) is 29.6 Å². The Morgan fingerprint density at radius 3 is 2.62 bits per heavy atom. The second-order valence-electron chi connectivity index (χ2n) is 6.19. The SMILES string of the molecule is CCCNC1CC2CCC(C1)N2c1ccc(C#N)cc1F. The molecule has 1 aromatic rings. The summed E-state index contributed by atoms with van der Waals surface area (Å²) >= 11 is 0. The molecule has 3 rings (SSSR count). The van der Waals surface area contributed by atoms with Crippen molar-refractivity contribution in [3.63, 3.8) is 0 Å². The zero-order valence-corrected chi connectivity index (χ0v) is 12.5. The molecule has 0 aliphatic carbocycles. The molecular formula is C17H22FN3. The van der Waals surface area contributed by atoms with Crippen molar-refractivity contribution < 1.29 is 4.39 Å². The summed E-state index contributed by atoms with van der Waals surface area (Å²) in [6.07, 6.45) is 5.63. The van der Waals surface area contributed by atoms with E-state index in [1.54, 1.807) is 12.1 Å². The lowest BCUT2D eigenvalue weighted by molar-refractivity contribution is 0.354. The van der Waals surface area contributed by atoms with E-state index in [1.807, 2.05) is 6.07 Å². The number of anilines is 1. The maximum Gasteiger partial charge on any atom is 0.147 e. The maximum absolute atomic E-state index is 14.3. The Balaban J connectivity index is 1.78. The van der Waals surface area contributed by atoms with Gasteiger partial charge in [0.15, 0.2) is 0 Å². The smallest absolute Gasteiger partial charge is 0.147 e. The average Bonchev–Trinajstić information content (AvgIpc) is 2.75. The third-order valence-electron chi connectivity index (χ3n) is 4.77. The molecular weight excluding hydrogens is 265 g/mol. The number of nitriles is 1. The summed E-state index contributed by atoms with van der Waals surface area (Å²) in [6, 6.07) is 8.29.